The van der Waals surface area contributed by atoms with Gasteiger partial charge in [0.15, 0.2) is 18.1 Å². The standard InChI is InChI=1S/C30H28ClN3O7S/c1-4-40-23-8-6-5-7-22(23)33-28(36)17-41-24-12-10-19(13-25(24)39-3)14-26-29(37)34(30(38)42-26)16-27(35)32-20-11-9-18(2)21(31)15-20/h5-15H,4,16-17H2,1-3H3,(H,32,35)(H,33,36)/b26-14+. The van der Waals surface area contributed by atoms with Crippen LogP contribution in [0.3, 0.4) is 0 Å². The lowest BCUT2D eigenvalue weighted by Gasteiger charge is -2.13. The highest BCUT2D eigenvalue weighted by Crippen LogP contribution is 2.35. The third-order valence-electron chi connectivity index (χ3n) is 5.94. The van der Waals surface area contributed by atoms with Crippen LogP contribution >= 0.6 is 23.4 Å². The van der Waals surface area contributed by atoms with E-state index in [9.17, 15) is 19.2 Å². The monoisotopic (exact) mass is 609 g/mol. The van der Waals surface area contributed by atoms with Crippen LogP contribution in [0.1, 0.15) is 18.1 Å². The van der Waals surface area contributed by atoms with E-state index < -0.39 is 29.5 Å². The van der Waals surface area contributed by atoms with Crippen molar-refractivity contribution < 1.29 is 33.4 Å². The number of carbonyl (C=O) groups is 4. The van der Waals surface area contributed by atoms with Crippen molar-refractivity contribution in [1.29, 1.82) is 0 Å². The molecular weight excluding hydrogens is 582 g/mol. The Morgan fingerprint density at radius 1 is 0.952 bits per heavy atom. The topological polar surface area (TPSA) is 123 Å². The summed E-state index contributed by atoms with van der Waals surface area (Å²) in [4.78, 5) is 51.5. The van der Waals surface area contributed by atoms with Crippen molar-refractivity contribution in [1.82, 2.24) is 4.90 Å². The lowest BCUT2D eigenvalue weighted by Crippen LogP contribution is -2.36. The molecule has 0 unspecified atom stereocenters. The Hall–Kier alpha value is -4.48. The summed E-state index contributed by atoms with van der Waals surface area (Å²) in [6.45, 7) is 3.41. The van der Waals surface area contributed by atoms with Crippen molar-refractivity contribution >= 4 is 63.8 Å². The number of imide groups is 1. The lowest BCUT2D eigenvalue weighted by atomic mass is 10.2. The molecule has 4 rings (SSSR count). The van der Waals surface area contributed by atoms with Gasteiger partial charge in [-0.3, -0.25) is 24.1 Å². The molecule has 0 saturated carbocycles. The summed E-state index contributed by atoms with van der Waals surface area (Å²) < 4.78 is 16.6. The fourth-order valence-electron chi connectivity index (χ4n) is 3.88. The molecule has 1 aliphatic rings. The Labute approximate surface area is 252 Å². The zero-order chi connectivity index (χ0) is 30.2. The molecule has 3 aromatic rings. The predicted octanol–water partition coefficient (Wildman–Crippen LogP) is 5.75. The minimum atomic E-state index is -0.592. The molecular formula is C30H28ClN3O7S. The van der Waals surface area contributed by atoms with E-state index in [1.54, 1.807) is 54.6 Å². The number of halogens is 1. The Kier molecular flexibility index (Phi) is 10.1. The van der Waals surface area contributed by atoms with E-state index in [1.165, 1.54) is 13.2 Å². The van der Waals surface area contributed by atoms with Crippen LogP contribution in [0.4, 0.5) is 16.2 Å². The third kappa shape index (κ3) is 7.62. The van der Waals surface area contributed by atoms with Crippen LogP contribution < -0.4 is 24.8 Å². The van der Waals surface area contributed by atoms with E-state index in [4.69, 9.17) is 25.8 Å². The van der Waals surface area contributed by atoms with Crippen molar-refractivity contribution in [2.75, 3.05) is 37.5 Å². The summed E-state index contributed by atoms with van der Waals surface area (Å²) in [7, 11) is 1.44. The van der Waals surface area contributed by atoms with Gasteiger partial charge in [0.1, 0.15) is 12.3 Å². The summed E-state index contributed by atoms with van der Waals surface area (Å²) in [5.74, 6) is -0.337. The SMILES string of the molecule is CCOc1ccccc1NC(=O)COc1ccc(/C=C2/SC(=O)N(CC(=O)Nc3ccc(C)c(Cl)c3)C2=O)cc1OC. The predicted molar refractivity (Wildman–Crippen MR) is 162 cm³/mol. The Morgan fingerprint density at radius 2 is 1.74 bits per heavy atom. The molecule has 1 saturated heterocycles. The number of nitrogens with zero attached hydrogens (tertiary/aromatic N) is 1. The first-order valence-electron chi connectivity index (χ1n) is 12.8. The molecule has 1 heterocycles. The maximum absolute atomic E-state index is 12.9. The van der Waals surface area contributed by atoms with Gasteiger partial charge in [-0.15, -0.1) is 0 Å². The normalized spacial score (nSPS) is 13.7. The van der Waals surface area contributed by atoms with Gasteiger partial charge in [0, 0.05) is 10.7 Å². The molecule has 0 aliphatic carbocycles. The van der Waals surface area contributed by atoms with Gasteiger partial charge in [0.2, 0.25) is 5.91 Å². The first-order valence-corrected chi connectivity index (χ1v) is 14.0. The molecule has 0 spiro atoms. The average molecular weight is 610 g/mol. The van der Waals surface area contributed by atoms with Crippen LogP contribution in [0.15, 0.2) is 65.6 Å². The summed E-state index contributed by atoms with van der Waals surface area (Å²) in [5, 5.41) is 5.32. The lowest BCUT2D eigenvalue weighted by molar-refractivity contribution is -0.127. The molecule has 1 aliphatic heterocycles. The number of nitrogens with one attached hydrogen (secondary N) is 2. The van der Waals surface area contributed by atoms with Crippen LogP contribution in [-0.4, -0.2) is 54.7 Å². The van der Waals surface area contributed by atoms with Crippen LogP contribution in [0.5, 0.6) is 17.2 Å². The fraction of sp³-hybridized carbons (Fsp3) is 0.200. The highest BCUT2D eigenvalue weighted by atomic mass is 35.5. The zero-order valence-corrected chi connectivity index (χ0v) is 24.6. The molecule has 4 amide bonds. The van der Waals surface area contributed by atoms with Gasteiger partial charge in [-0.1, -0.05) is 35.9 Å². The van der Waals surface area contributed by atoms with Gasteiger partial charge in [-0.2, -0.15) is 0 Å². The molecule has 218 valence electrons. The maximum Gasteiger partial charge on any atom is 0.294 e. The Bertz CT molecular complexity index is 1560. The number of benzene rings is 3. The van der Waals surface area contributed by atoms with Gasteiger partial charge >= 0.3 is 0 Å². The van der Waals surface area contributed by atoms with Crippen LogP contribution in [0.25, 0.3) is 6.08 Å². The second kappa shape index (κ2) is 13.9. The highest BCUT2D eigenvalue weighted by Gasteiger charge is 2.36. The number of para-hydroxylation sites is 2. The van der Waals surface area contributed by atoms with Gasteiger partial charge in [0.05, 0.1) is 24.3 Å². The Balaban J connectivity index is 1.38. The molecule has 0 bridgehead atoms. The summed E-state index contributed by atoms with van der Waals surface area (Å²) in [6, 6.07) is 17.0. The first-order chi connectivity index (χ1) is 20.2. The fourth-order valence-corrected chi connectivity index (χ4v) is 4.90. The van der Waals surface area contributed by atoms with Crippen LogP contribution in [-0.2, 0) is 14.4 Å². The molecule has 12 heteroatoms. The largest absolute Gasteiger partial charge is 0.493 e. The quantitative estimate of drug-likeness (QED) is 0.264. The van der Waals surface area contributed by atoms with Gasteiger partial charge in [-0.05, 0) is 79.2 Å². The summed E-state index contributed by atoms with van der Waals surface area (Å²) in [5.41, 5.74) is 2.40. The van der Waals surface area contributed by atoms with E-state index in [2.05, 4.69) is 10.6 Å². The smallest absolute Gasteiger partial charge is 0.294 e. The molecule has 42 heavy (non-hydrogen) atoms. The second-order valence-corrected chi connectivity index (χ2v) is 10.4. The molecule has 0 radical (unpaired) electrons. The first kappa shape index (κ1) is 30.5. The third-order valence-corrected chi connectivity index (χ3v) is 7.25. The summed E-state index contributed by atoms with van der Waals surface area (Å²) >= 11 is 6.83. The van der Waals surface area contributed by atoms with Gasteiger partial charge in [-0.25, -0.2) is 0 Å². The average Bonchev–Trinajstić information content (AvgIpc) is 3.22. The number of methoxy groups -OCH3 is 1. The van der Waals surface area contributed by atoms with Crippen molar-refractivity contribution in [2.45, 2.75) is 13.8 Å². The van der Waals surface area contributed by atoms with E-state index in [0.29, 0.717) is 45.8 Å². The number of rotatable bonds is 11. The number of thioether (sulfide) groups is 1. The van der Waals surface area contributed by atoms with Crippen molar-refractivity contribution in [3.05, 3.63) is 81.7 Å². The van der Waals surface area contributed by atoms with Crippen LogP contribution in [0, 0.1) is 6.92 Å². The van der Waals surface area contributed by atoms with E-state index in [0.717, 1.165) is 22.2 Å². The number of anilines is 2. The molecule has 0 atom stereocenters. The molecule has 3 aromatic carbocycles. The zero-order valence-electron chi connectivity index (χ0n) is 23.1. The van der Waals surface area contributed by atoms with Crippen molar-refractivity contribution in [3.63, 3.8) is 0 Å². The molecule has 1 fully saturated rings. The number of amides is 4. The van der Waals surface area contributed by atoms with Crippen molar-refractivity contribution in [2.24, 2.45) is 0 Å². The van der Waals surface area contributed by atoms with E-state index in [-0.39, 0.29) is 11.5 Å². The minimum Gasteiger partial charge on any atom is -0.493 e. The number of hydrogen-bond acceptors (Lipinski definition) is 8. The molecule has 2 N–H and O–H groups in total. The van der Waals surface area contributed by atoms with Crippen molar-refractivity contribution in [3.8, 4) is 17.2 Å². The van der Waals surface area contributed by atoms with E-state index in [1.807, 2.05) is 19.9 Å². The van der Waals surface area contributed by atoms with E-state index >= 15 is 0 Å². The number of ether oxygens (including phenoxy) is 3. The number of aryl methyl sites for hydroxylation is 1. The van der Waals surface area contributed by atoms with Crippen LogP contribution in [0.2, 0.25) is 5.02 Å². The minimum absolute atomic E-state index is 0.147. The maximum atomic E-state index is 12.9. The molecule has 10 nitrogen and oxygen atoms in total. The van der Waals surface area contributed by atoms with Gasteiger partial charge < -0.3 is 24.8 Å². The highest BCUT2D eigenvalue weighted by molar-refractivity contribution is 8.18. The number of carbonyl (C=O) groups excluding carboxylic acids is 4. The molecule has 0 aromatic heterocycles. The Morgan fingerprint density at radius 3 is 2.48 bits per heavy atom. The van der Waals surface area contributed by atoms with Gasteiger partial charge in [0.25, 0.3) is 17.1 Å². The second-order valence-electron chi connectivity index (χ2n) is 8.96. The number of hydrogen-bond donors (Lipinski definition) is 2. The summed E-state index contributed by atoms with van der Waals surface area (Å²) in [6.07, 6.45) is 1.52.